The van der Waals surface area contributed by atoms with Crippen molar-refractivity contribution in [1.82, 2.24) is 19.6 Å². The van der Waals surface area contributed by atoms with Gasteiger partial charge in [-0.3, -0.25) is 0 Å². The first-order chi connectivity index (χ1) is 8.33. The first-order valence-electron chi connectivity index (χ1n) is 5.29. The van der Waals surface area contributed by atoms with E-state index in [-0.39, 0.29) is 0 Å². The number of nitrogens with zero attached hydrogens (tertiary/aromatic N) is 3. The molecule has 2 heterocycles. The molecule has 0 atom stereocenters. The molecule has 1 aromatic carbocycles. The van der Waals surface area contributed by atoms with Crippen molar-refractivity contribution in [3.8, 4) is 0 Å². The molecule has 6 heteroatoms. The van der Waals surface area contributed by atoms with Crippen molar-refractivity contribution in [3.05, 3.63) is 34.8 Å². The van der Waals surface area contributed by atoms with Gasteiger partial charge >= 0.3 is 0 Å². The maximum atomic E-state index is 4.44. The molecule has 0 saturated carbocycles. The second-order valence-electron chi connectivity index (χ2n) is 3.74. The molecule has 0 radical (unpaired) electrons. The minimum Gasteiger partial charge on any atom is -0.351 e. The molecule has 2 N–H and O–H groups in total. The summed E-state index contributed by atoms with van der Waals surface area (Å²) in [6, 6.07) is 7.95. The Bertz CT molecular complexity index is 609. The van der Waals surface area contributed by atoms with E-state index in [2.05, 4.69) is 24.9 Å². The molecule has 0 fully saturated rings. The minimum absolute atomic E-state index is 0.698. The Balaban J connectivity index is 1.79. The van der Waals surface area contributed by atoms with E-state index in [4.69, 9.17) is 0 Å². The molecular weight excluding hydrogens is 234 g/mol. The molecule has 0 amide bonds. The SMILES string of the molecule is Cc1nnsc1CNc1nc2ccccc2[nH]1. The molecule has 0 saturated heterocycles. The van der Waals surface area contributed by atoms with Crippen molar-refractivity contribution >= 4 is 28.5 Å². The summed E-state index contributed by atoms with van der Waals surface area (Å²) in [4.78, 5) is 8.79. The highest BCUT2D eigenvalue weighted by Gasteiger charge is 2.05. The lowest BCUT2D eigenvalue weighted by Gasteiger charge is -1.99. The van der Waals surface area contributed by atoms with Crippen molar-refractivity contribution in [2.75, 3.05) is 5.32 Å². The maximum Gasteiger partial charge on any atom is 0.201 e. The van der Waals surface area contributed by atoms with Crippen LogP contribution in [0.25, 0.3) is 11.0 Å². The number of rotatable bonds is 3. The number of hydrogen-bond acceptors (Lipinski definition) is 5. The molecule has 86 valence electrons. The largest absolute Gasteiger partial charge is 0.351 e. The van der Waals surface area contributed by atoms with Gasteiger partial charge in [-0.2, -0.15) is 0 Å². The van der Waals surface area contributed by atoms with Gasteiger partial charge in [0, 0.05) is 0 Å². The van der Waals surface area contributed by atoms with Crippen LogP contribution in [-0.4, -0.2) is 19.6 Å². The van der Waals surface area contributed by atoms with Gasteiger partial charge < -0.3 is 10.3 Å². The zero-order chi connectivity index (χ0) is 11.7. The van der Waals surface area contributed by atoms with Crippen LogP contribution >= 0.6 is 11.5 Å². The van der Waals surface area contributed by atoms with Crippen LogP contribution in [0, 0.1) is 6.92 Å². The van der Waals surface area contributed by atoms with Gasteiger partial charge in [0.15, 0.2) is 0 Å². The summed E-state index contributed by atoms with van der Waals surface area (Å²) in [6.07, 6.45) is 0. The van der Waals surface area contributed by atoms with E-state index < -0.39 is 0 Å². The van der Waals surface area contributed by atoms with Gasteiger partial charge in [-0.1, -0.05) is 16.6 Å². The Labute approximate surface area is 102 Å². The summed E-state index contributed by atoms with van der Waals surface area (Å²) in [5.41, 5.74) is 2.97. The van der Waals surface area contributed by atoms with Crippen LogP contribution in [0.15, 0.2) is 24.3 Å². The third-order valence-electron chi connectivity index (χ3n) is 2.55. The first kappa shape index (κ1) is 10.2. The van der Waals surface area contributed by atoms with Crippen LogP contribution in [0.5, 0.6) is 0 Å². The lowest BCUT2D eigenvalue weighted by atomic mass is 10.3. The lowest BCUT2D eigenvalue weighted by molar-refractivity contribution is 1.04. The van der Waals surface area contributed by atoms with Crippen LogP contribution < -0.4 is 5.32 Å². The highest BCUT2D eigenvalue weighted by Crippen LogP contribution is 2.15. The Hall–Kier alpha value is -1.95. The quantitative estimate of drug-likeness (QED) is 0.743. The Kier molecular flexibility index (Phi) is 2.49. The van der Waals surface area contributed by atoms with Crippen LogP contribution in [0.3, 0.4) is 0 Å². The Morgan fingerprint density at radius 2 is 2.24 bits per heavy atom. The van der Waals surface area contributed by atoms with E-state index in [0.717, 1.165) is 27.6 Å². The zero-order valence-corrected chi connectivity index (χ0v) is 10.1. The third kappa shape index (κ3) is 1.99. The average molecular weight is 245 g/mol. The van der Waals surface area contributed by atoms with E-state index in [9.17, 15) is 0 Å². The molecule has 0 aliphatic carbocycles. The highest BCUT2D eigenvalue weighted by atomic mass is 32.1. The van der Waals surface area contributed by atoms with Gasteiger partial charge in [0.1, 0.15) is 0 Å². The predicted molar refractivity (Wildman–Crippen MR) is 68.1 cm³/mol. The maximum absolute atomic E-state index is 4.44. The van der Waals surface area contributed by atoms with Gasteiger partial charge in [0.05, 0.1) is 28.1 Å². The van der Waals surface area contributed by atoms with Crippen LogP contribution in [-0.2, 0) is 6.54 Å². The Morgan fingerprint density at radius 3 is 3.00 bits per heavy atom. The number of anilines is 1. The van der Waals surface area contributed by atoms with Crippen molar-refractivity contribution in [3.63, 3.8) is 0 Å². The summed E-state index contributed by atoms with van der Waals surface area (Å²) in [6.45, 7) is 2.66. The summed E-state index contributed by atoms with van der Waals surface area (Å²) < 4.78 is 3.90. The zero-order valence-electron chi connectivity index (χ0n) is 9.27. The summed E-state index contributed by atoms with van der Waals surface area (Å²) in [7, 11) is 0. The number of aromatic amines is 1. The fraction of sp³-hybridized carbons (Fsp3) is 0.182. The molecule has 5 nitrogen and oxygen atoms in total. The molecule has 3 aromatic rings. The van der Waals surface area contributed by atoms with E-state index in [1.807, 2.05) is 31.2 Å². The number of para-hydroxylation sites is 2. The van der Waals surface area contributed by atoms with Gasteiger partial charge in [-0.05, 0) is 30.6 Å². The van der Waals surface area contributed by atoms with Gasteiger partial charge in [-0.15, -0.1) is 5.10 Å². The molecule has 0 aliphatic heterocycles. The van der Waals surface area contributed by atoms with Crippen molar-refractivity contribution in [2.24, 2.45) is 0 Å². The number of nitrogens with one attached hydrogen (secondary N) is 2. The van der Waals surface area contributed by atoms with E-state index in [0.29, 0.717) is 6.54 Å². The fourth-order valence-corrected chi connectivity index (χ4v) is 2.18. The number of benzene rings is 1. The number of hydrogen-bond donors (Lipinski definition) is 2. The fourth-order valence-electron chi connectivity index (χ4n) is 1.61. The van der Waals surface area contributed by atoms with E-state index in [1.54, 1.807) is 0 Å². The minimum atomic E-state index is 0.698. The van der Waals surface area contributed by atoms with Crippen LogP contribution in [0.2, 0.25) is 0 Å². The number of fused-ring (bicyclic) bond motifs is 1. The lowest BCUT2D eigenvalue weighted by Crippen LogP contribution is -2.00. The number of aromatic nitrogens is 4. The van der Waals surface area contributed by atoms with Crippen LogP contribution in [0.1, 0.15) is 10.6 Å². The number of H-pyrrole nitrogens is 1. The standard InChI is InChI=1S/C11H11N5S/c1-7-10(17-16-15-7)6-12-11-13-8-4-2-3-5-9(8)14-11/h2-5H,6H2,1H3,(H2,12,13,14). The predicted octanol–water partition coefficient (Wildman–Crippen LogP) is 2.33. The second-order valence-corrected chi connectivity index (χ2v) is 4.58. The molecule has 17 heavy (non-hydrogen) atoms. The molecule has 0 bridgehead atoms. The molecule has 3 rings (SSSR count). The number of imidazole rings is 1. The van der Waals surface area contributed by atoms with Gasteiger partial charge in [0.2, 0.25) is 5.95 Å². The van der Waals surface area contributed by atoms with Gasteiger partial charge in [-0.25, -0.2) is 4.98 Å². The average Bonchev–Trinajstić information content (AvgIpc) is 2.92. The Morgan fingerprint density at radius 1 is 1.35 bits per heavy atom. The molecule has 0 spiro atoms. The smallest absolute Gasteiger partial charge is 0.201 e. The third-order valence-corrected chi connectivity index (χ3v) is 3.37. The van der Waals surface area contributed by atoms with Crippen molar-refractivity contribution in [1.29, 1.82) is 0 Å². The van der Waals surface area contributed by atoms with Gasteiger partial charge in [0.25, 0.3) is 0 Å². The summed E-state index contributed by atoms with van der Waals surface area (Å²) in [5.74, 6) is 0.777. The second kappa shape index (κ2) is 4.14. The van der Waals surface area contributed by atoms with E-state index >= 15 is 0 Å². The molecular formula is C11H11N5S. The first-order valence-corrected chi connectivity index (χ1v) is 6.07. The van der Waals surface area contributed by atoms with Crippen molar-refractivity contribution < 1.29 is 0 Å². The molecule has 0 unspecified atom stereocenters. The summed E-state index contributed by atoms with van der Waals surface area (Å²) >= 11 is 1.41. The molecule has 0 aliphatic rings. The summed E-state index contributed by atoms with van der Waals surface area (Å²) in [5, 5.41) is 7.21. The number of aryl methyl sites for hydroxylation is 1. The monoisotopic (exact) mass is 245 g/mol. The van der Waals surface area contributed by atoms with Crippen LogP contribution in [0.4, 0.5) is 5.95 Å². The van der Waals surface area contributed by atoms with E-state index in [1.165, 1.54) is 11.5 Å². The normalized spacial score (nSPS) is 10.9. The topological polar surface area (TPSA) is 66.5 Å². The molecule has 2 aromatic heterocycles. The van der Waals surface area contributed by atoms with Crippen molar-refractivity contribution in [2.45, 2.75) is 13.5 Å². The highest BCUT2D eigenvalue weighted by molar-refractivity contribution is 7.05.